The molecule has 0 aliphatic carbocycles. The van der Waals surface area contributed by atoms with Gasteiger partial charge in [0.05, 0.1) is 64.4 Å². The van der Waals surface area contributed by atoms with Crippen LogP contribution in [0.2, 0.25) is 0 Å². The van der Waals surface area contributed by atoms with E-state index in [9.17, 15) is 52.5 Å². The lowest BCUT2D eigenvalue weighted by Crippen LogP contribution is -2.55. The standard InChI is InChI=1S/C12H21N3O5.C8H8O6S.C8H14O4S2/c1-4-8(16)6-14-10(18)13(3)11(19)15(12(14)20)7-9(17)5-2;1-14-8(10)6-4-5(15(11,12)13)2-3-7(6)9;1-11-7(9)3-5-13-14-6-4-8(10)12-2/h8-9,16-17H,4-7H2,1-3H3;2-4,9H,1H3,(H,11,12,13);3-6H2,1-2H3. The number of methoxy groups -OCH3 is 3. The van der Waals surface area contributed by atoms with E-state index in [1.807, 2.05) is 0 Å². The van der Waals surface area contributed by atoms with E-state index in [4.69, 9.17) is 4.55 Å². The molecule has 1 heterocycles. The number of phenolic OH excluding ortho intramolecular Hbond substituents is 1. The summed E-state index contributed by atoms with van der Waals surface area (Å²) < 4.78 is 45.9. The number of nitrogens with zero attached hydrogens (tertiary/aromatic N) is 3. The van der Waals surface area contributed by atoms with Gasteiger partial charge in [-0.15, -0.1) is 0 Å². The molecule has 2 unspecified atom stereocenters. The van der Waals surface area contributed by atoms with Crippen molar-refractivity contribution in [3.8, 4) is 5.75 Å². The van der Waals surface area contributed by atoms with Gasteiger partial charge in [0.2, 0.25) is 0 Å². The van der Waals surface area contributed by atoms with Crippen molar-refractivity contribution in [1.82, 2.24) is 13.7 Å². The highest BCUT2D eigenvalue weighted by Gasteiger charge is 2.18. The van der Waals surface area contributed by atoms with Gasteiger partial charge in [-0.05, 0) is 31.0 Å². The maximum Gasteiger partial charge on any atom is 0.341 e. The fourth-order valence-corrected chi connectivity index (χ4v) is 5.72. The maximum atomic E-state index is 12.2. The summed E-state index contributed by atoms with van der Waals surface area (Å²) in [6.07, 6.45) is -0.109. The quantitative estimate of drug-likeness (QED) is 0.0620. The molecule has 0 saturated carbocycles. The zero-order valence-corrected chi connectivity index (χ0v) is 30.3. The van der Waals surface area contributed by atoms with Crippen molar-refractivity contribution in [3.05, 3.63) is 55.2 Å². The molecule has 0 aliphatic heterocycles. The first-order valence-electron chi connectivity index (χ1n) is 14.4. The number of aromatic hydroxyl groups is 1. The third-order valence-corrected chi connectivity index (χ3v) is 9.47. The SMILES string of the molecule is CCC(O)Cn1c(=O)n(C)c(=O)n(CC(O)CC)c1=O.COC(=O)CCSSCCC(=O)OC.COC(=O)c1cc(S(=O)(=O)O)ccc1O. The van der Waals surface area contributed by atoms with E-state index in [1.54, 1.807) is 35.4 Å². The Morgan fingerprint density at radius 2 is 1.22 bits per heavy atom. The van der Waals surface area contributed by atoms with Crippen LogP contribution < -0.4 is 17.1 Å². The van der Waals surface area contributed by atoms with Crippen LogP contribution in [0.15, 0.2) is 37.5 Å². The molecule has 49 heavy (non-hydrogen) atoms. The fourth-order valence-electron chi connectivity index (χ4n) is 3.27. The lowest BCUT2D eigenvalue weighted by atomic mass is 10.2. The minimum Gasteiger partial charge on any atom is -0.507 e. The van der Waals surface area contributed by atoms with E-state index < -0.39 is 56.0 Å². The van der Waals surface area contributed by atoms with Gasteiger partial charge in [0, 0.05) is 18.6 Å². The topological polar surface area (TPSA) is 260 Å². The van der Waals surface area contributed by atoms with E-state index in [2.05, 4.69) is 14.2 Å². The van der Waals surface area contributed by atoms with Gasteiger partial charge in [-0.1, -0.05) is 35.4 Å². The molecule has 0 fully saturated rings. The van der Waals surface area contributed by atoms with Crippen molar-refractivity contribution in [2.24, 2.45) is 7.05 Å². The smallest absolute Gasteiger partial charge is 0.341 e. The summed E-state index contributed by atoms with van der Waals surface area (Å²) >= 11 is 0. The lowest BCUT2D eigenvalue weighted by Gasteiger charge is -2.15. The molecule has 1 aromatic carbocycles. The van der Waals surface area contributed by atoms with Crippen LogP contribution in [0.25, 0.3) is 0 Å². The van der Waals surface area contributed by atoms with Gasteiger partial charge in [-0.25, -0.2) is 32.9 Å². The van der Waals surface area contributed by atoms with Gasteiger partial charge in [-0.2, -0.15) is 8.42 Å². The van der Waals surface area contributed by atoms with Crippen molar-refractivity contribution in [2.45, 2.75) is 69.7 Å². The number of aromatic nitrogens is 3. The number of ether oxygens (including phenoxy) is 3. The third kappa shape index (κ3) is 16.1. The van der Waals surface area contributed by atoms with Gasteiger partial charge in [-0.3, -0.25) is 14.1 Å². The number of carbonyl (C=O) groups is 3. The molecule has 0 amide bonds. The number of aliphatic hydroxyl groups is 2. The molecule has 0 saturated heterocycles. The van der Waals surface area contributed by atoms with Crippen LogP contribution in [-0.4, -0.2) is 105 Å². The van der Waals surface area contributed by atoms with Gasteiger partial charge in [0.1, 0.15) is 11.3 Å². The van der Waals surface area contributed by atoms with Crippen molar-refractivity contribution in [1.29, 1.82) is 0 Å². The molecule has 0 bridgehead atoms. The predicted molar refractivity (Wildman–Crippen MR) is 180 cm³/mol. The van der Waals surface area contributed by atoms with Crippen LogP contribution in [0.5, 0.6) is 5.75 Å². The summed E-state index contributed by atoms with van der Waals surface area (Å²) in [5.41, 5.74) is -2.67. The number of rotatable bonds is 15. The summed E-state index contributed by atoms with van der Waals surface area (Å²) in [5.74, 6) is -0.304. The molecule has 1 aromatic heterocycles. The minimum atomic E-state index is -4.40. The summed E-state index contributed by atoms with van der Waals surface area (Å²) in [5, 5.41) is 28.4. The molecule has 0 spiro atoms. The Kier molecular flexibility index (Phi) is 21.2. The zero-order chi connectivity index (χ0) is 37.9. The second-order valence-electron chi connectivity index (χ2n) is 9.69. The minimum absolute atomic E-state index is 0.176. The Labute approximate surface area is 290 Å². The van der Waals surface area contributed by atoms with Gasteiger partial charge in [0.25, 0.3) is 10.1 Å². The van der Waals surface area contributed by atoms with E-state index in [0.29, 0.717) is 37.2 Å². The molecule has 2 aromatic rings. The highest BCUT2D eigenvalue weighted by Crippen LogP contribution is 2.23. The van der Waals surface area contributed by atoms with Crippen molar-refractivity contribution >= 4 is 49.6 Å². The normalized spacial score (nSPS) is 11.9. The highest BCUT2D eigenvalue weighted by molar-refractivity contribution is 8.76. The Balaban J connectivity index is 0.000000721. The third-order valence-electron chi connectivity index (χ3n) is 6.22. The Morgan fingerprint density at radius 3 is 1.57 bits per heavy atom. The number of hydrogen-bond donors (Lipinski definition) is 4. The first-order valence-corrected chi connectivity index (χ1v) is 18.4. The first-order chi connectivity index (χ1) is 22.9. The fraction of sp³-hybridized carbons (Fsp3) is 0.571. The average Bonchev–Trinajstić information content (AvgIpc) is 3.08. The average molecular weight is 758 g/mol. The second-order valence-corrected chi connectivity index (χ2v) is 13.8. The number of hydrogen-bond acceptors (Lipinski definition) is 16. The molecule has 2 atom stereocenters. The molecule has 21 heteroatoms. The van der Waals surface area contributed by atoms with Crippen LogP contribution in [0.4, 0.5) is 0 Å². The van der Waals surface area contributed by atoms with Gasteiger partial charge in [0.15, 0.2) is 0 Å². The molecular formula is C28H43N3O15S3. The summed E-state index contributed by atoms with van der Waals surface area (Å²) in [6.45, 7) is 3.09. The number of esters is 3. The van der Waals surface area contributed by atoms with Crippen molar-refractivity contribution in [3.63, 3.8) is 0 Å². The molecule has 278 valence electrons. The molecular weight excluding hydrogens is 715 g/mol. The van der Waals surface area contributed by atoms with Crippen LogP contribution >= 0.6 is 21.6 Å². The highest BCUT2D eigenvalue weighted by atomic mass is 33.1. The van der Waals surface area contributed by atoms with E-state index >= 15 is 0 Å². The molecule has 0 radical (unpaired) electrons. The number of aliphatic hydroxyl groups excluding tert-OH is 2. The molecule has 0 aliphatic rings. The summed E-state index contributed by atoms with van der Waals surface area (Å²) in [6, 6.07) is 2.78. The first kappa shape index (κ1) is 45.4. The largest absolute Gasteiger partial charge is 0.507 e. The Morgan fingerprint density at radius 1 is 0.796 bits per heavy atom. The Hall–Kier alpha value is -3.63. The summed E-state index contributed by atoms with van der Waals surface area (Å²) in [4.78, 5) is 67.9. The van der Waals surface area contributed by atoms with Gasteiger partial charge >= 0.3 is 35.0 Å². The van der Waals surface area contributed by atoms with Crippen molar-refractivity contribution < 1.29 is 56.9 Å². The summed E-state index contributed by atoms with van der Waals surface area (Å²) in [7, 11) is 3.80. The number of benzene rings is 1. The molecule has 2 rings (SSSR count). The lowest BCUT2D eigenvalue weighted by molar-refractivity contribution is -0.141. The molecule has 18 nitrogen and oxygen atoms in total. The van der Waals surface area contributed by atoms with E-state index in [1.165, 1.54) is 21.3 Å². The monoisotopic (exact) mass is 757 g/mol. The second kappa shape index (κ2) is 22.9. The van der Waals surface area contributed by atoms with Crippen molar-refractivity contribution in [2.75, 3.05) is 32.8 Å². The Bertz CT molecular complexity index is 1600. The van der Waals surface area contributed by atoms with E-state index in [-0.39, 0.29) is 30.6 Å². The number of phenols is 1. The van der Waals surface area contributed by atoms with E-state index in [0.717, 1.165) is 39.0 Å². The maximum absolute atomic E-state index is 12.2. The molecule has 4 N–H and O–H groups in total. The van der Waals surface area contributed by atoms with Crippen LogP contribution in [0.3, 0.4) is 0 Å². The van der Waals surface area contributed by atoms with Gasteiger partial charge < -0.3 is 29.5 Å². The zero-order valence-electron chi connectivity index (χ0n) is 27.9. The van der Waals surface area contributed by atoms with Crippen LogP contribution in [0, 0.1) is 0 Å². The van der Waals surface area contributed by atoms with Crippen LogP contribution in [-0.2, 0) is 54.1 Å². The number of carbonyl (C=O) groups excluding carboxylic acids is 3. The predicted octanol–water partition coefficient (Wildman–Crippen LogP) is 0.170. The van der Waals surface area contributed by atoms with Crippen LogP contribution in [0.1, 0.15) is 49.9 Å².